The van der Waals surface area contributed by atoms with Gasteiger partial charge in [0.1, 0.15) is 0 Å². The standard InChI is InChI=1S/C13H10Br2ClNO2S/c1-19-13(18)11(10-6-9(14)12(15)20-10)17-8-4-2-7(16)3-5-8/h2-6,11,17H,1H3. The summed E-state index contributed by atoms with van der Waals surface area (Å²) < 4.78 is 6.70. The molecule has 1 atom stereocenters. The van der Waals surface area contributed by atoms with Gasteiger partial charge in [0.15, 0.2) is 6.04 Å². The SMILES string of the molecule is COC(=O)C(Nc1ccc(Cl)cc1)c1cc(Br)c(Br)s1. The molecule has 2 rings (SSSR count). The summed E-state index contributed by atoms with van der Waals surface area (Å²) in [5.41, 5.74) is 0.797. The van der Waals surface area contributed by atoms with Gasteiger partial charge in [-0.3, -0.25) is 0 Å². The summed E-state index contributed by atoms with van der Waals surface area (Å²) in [5, 5.41) is 3.79. The minimum absolute atomic E-state index is 0.346. The normalized spacial score (nSPS) is 12.0. The predicted molar refractivity (Wildman–Crippen MR) is 89.6 cm³/mol. The lowest BCUT2D eigenvalue weighted by atomic mass is 10.2. The summed E-state index contributed by atoms with van der Waals surface area (Å²) in [5.74, 6) is -0.346. The van der Waals surface area contributed by atoms with E-state index in [2.05, 4.69) is 37.2 Å². The zero-order valence-corrected chi connectivity index (χ0v) is 15.1. The molecule has 7 heteroatoms. The number of rotatable bonds is 4. The first-order chi connectivity index (χ1) is 9.51. The molecule has 1 heterocycles. The Morgan fingerprint density at radius 3 is 2.50 bits per heavy atom. The van der Waals surface area contributed by atoms with Gasteiger partial charge in [0, 0.05) is 20.1 Å². The van der Waals surface area contributed by atoms with E-state index in [1.54, 1.807) is 12.1 Å². The Kier molecular flexibility index (Phi) is 5.49. The van der Waals surface area contributed by atoms with E-state index < -0.39 is 6.04 Å². The zero-order valence-electron chi connectivity index (χ0n) is 10.3. The third-order valence-electron chi connectivity index (χ3n) is 2.54. The summed E-state index contributed by atoms with van der Waals surface area (Å²) in [6.07, 6.45) is 0. The van der Waals surface area contributed by atoms with E-state index in [1.165, 1.54) is 18.4 Å². The van der Waals surface area contributed by atoms with Crippen molar-refractivity contribution in [3.63, 3.8) is 0 Å². The number of nitrogens with one attached hydrogen (secondary N) is 1. The van der Waals surface area contributed by atoms with E-state index in [-0.39, 0.29) is 5.97 Å². The van der Waals surface area contributed by atoms with E-state index in [1.807, 2.05) is 18.2 Å². The number of thiophene rings is 1. The van der Waals surface area contributed by atoms with Crippen molar-refractivity contribution >= 4 is 66.5 Å². The van der Waals surface area contributed by atoms with E-state index in [9.17, 15) is 4.79 Å². The molecule has 0 aliphatic rings. The molecule has 0 aliphatic heterocycles. The molecular weight excluding hydrogens is 429 g/mol. The molecule has 3 nitrogen and oxygen atoms in total. The van der Waals surface area contributed by atoms with E-state index >= 15 is 0 Å². The van der Waals surface area contributed by atoms with Crippen LogP contribution in [-0.4, -0.2) is 13.1 Å². The van der Waals surface area contributed by atoms with Crippen LogP contribution in [0.4, 0.5) is 5.69 Å². The van der Waals surface area contributed by atoms with E-state index in [4.69, 9.17) is 16.3 Å². The molecule has 0 aliphatic carbocycles. The summed E-state index contributed by atoms with van der Waals surface area (Å²) in [4.78, 5) is 12.8. The molecule has 2 aromatic rings. The highest BCUT2D eigenvalue weighted by atomic mass is 79.9. The van der Waals surface area contributed by atoms with Crippen molar-refractivity contribution in [3.05, 3.63) is 48.5 Å². The van der Waals surface area contributed by atoms with Crippen LogP contribution in [0.3, 0.4) is 0 Å². The Morgan fingerprint density at radius 1 is 1.35 bits per heavy atom. The molecule has 1 N–H and O–H groups in total. The number of hydrogen-bond donors (Lipinski definition) is 1. The van der Waals surface area contributed by atoms with Gasteiger partial charge in [0.05, 0.1) is 10.9 Å². The van der Waals surface area contributed by atoms with Crippen LogP contribution >= 0.6 is 54.8 Å². The molecule has 1 aromatic heterocycles. The Morgan fingerprint density at radius 2 is 2.00 bits per heavy atom. The molecular formula is C13H10Br2ClNO2S. The Hall–Kier alpha value is -0.560. The van der Waals surface area contributed by atoms with Gasteiger partial charge >= 0.3 is 5.97 Å². The maximum absolute atomic E-state index is 12.0. The summed E-state index contributed by atoms with van der Waals surface area (Å²) in [6.45, 7) is 0. The van der Waals surface area contributed by atoms with Gasteiger partial charge in [-0.1, -0.05) is 11.6 Å². The van der Waals surface area contributed by atoms with Crippen molar-refractivity contribution < 1.29 is 9.53 Å². The van der Waals surface area contributed by atoms with Gasteiger partial charge in [0.2, 0.25) is 0 Å². The van der Waals surface area contributed by atoms with Gasteiger partial charge in [-0.05, 0) is 62.2 Å². The average molecular weight is 440 g/mol. The monoisotopic (exact) mass is 437 g/mol. The zero-order chi connectivity index (χ0) is 14.7. The predicted octanol–water partition coefficient (Wildman–Crippen LogP) is 5.25. The number of esters is 1. The highest BCUT2D eigenvalue weighted by molar-refractivity contribution is 9.13. The van der Waals surface area contributed by atoms with Gasteiger partial charge in [-0.25, -0.2) is 4.79 Å². The summed E-state index contributed by atoms with van der Waals surface area (Å²) >= 11 is 14.2. The molecule has 0 saturated carbocycles. The number of ether oxygens (including phenoxy) is 1. The molecule has 0 saturated heterocycles. The highest BCUT2D eigenvalue weighted by Crippen LogP contribution is 2.37. The third kappa shape index (κ3) is 3.75. The number of carbonyl (C=O) groups excluding carboxylic acids is 1. The van der Waals surface area contributed by atoms with Crippen LogP contribution in [0.1, 0.15) is 10.9 Å². The first-order valence-electron chi connectivity index (χ1n) is 5.56. The number of halogens is 3. The highest BCUT2D eigenvalue weighted by Gasteiger charge is 2.24. The van der Waals surface area contributed by atoms with Gasteiger partial charge in [-0.2, -0.15) is 0 Å². The van der Waals surface area contributed by atoms with Crippen LogP contribution in [0.25, 0.3) is 0 Å². The van der Waals surface area contributed by atoms with Crippen molar-refractivity contribution in [1.82, 2.24) is 0 Å². The van der Waals surface area contributed by atoms with Gasteiger partial charge < -0.3 is 10.1 Å². The van der Waals surface area contributed by atoms with Gasteiger partial charge in [0.25, 0.3) is 0 Å². The van der Waals surface area contributed by atoms with Crippen LogP contribution in [0.5, 0.6) is 0 Å². The smallest absolute Gasteiger partial charge is 0.333 e. The van der Waals surface area contributed by atoms with E-state index in [0.717, 1.165) is 18.8 Å². The van der Waals surface area contributed by atoms with E-state index in [0.29, 0.717) is 5.02 Å². The van der Waals surface area contributed by atoms with Gasteiger partial charge in [-0.15, -0.1) is 11.3 Å². The largest absolute Gasteiger partial charge is 0.467 e. The van der Waals surface area contributed by atoms with Crippen LogP contribution in [0.15, 0.2) is 38.6 Å². The second-order valence-corrected chi connectivity index (χ2v) is 7.57. The number of carbonyl (C=O) groups is 1. The molecule has 0 spiro atoms. The minimum Gasteiger partial charge on any atom is -0.467 e. The van der Waals surface area contributed by atoms with Crippen LogP contribution < -0.4 is 5.32 Å². The van der Waals surface area contributed by atoms with Crippen molar-refractivity contribution in [2.24, 2.45) is 0 Å². The molecule has 20 heavy (non-hydrogen) atoms. The summed E-state index contributed by atoms with van der Waals surface area (Å²) in [6, 6.07) is 8.48. The van der Waals surface area contributed by atoms with Crippen molar-refractivity contribution in [2.45, 2.75) is 6.04 Å². The van der Waals surface area contributed by atoms with Crippen LogP contribution in [0, 0.1) is 0 Å². The molecule has 1 unspecified atom stereocenters. The fourth-order valence-corrected chi connectivity index (χ4v) is 3.84. The molecule has 0 amide bonds. The maximum atomic E-state index is 12.0. The number of benzene rings is 1. The Bertz CT molecular complexity index is 596. The summed E-state index contributed by atoms with van der Waals surface area (Å²) in [7, 11) is 1.37. The van der Waals surface area contributed by atoms with Crippen LogP contribution in [-0.2, 0) is 9.53 Å². The third-order valence-corrected chi connectivity index (χ3v) is 6.11. The Balaban J connectivity index is 2.28. The quantitative estimate of drug-likeness (QED) is 0.661. The number of methoxy groups -OCH3 is 1. The first kappa shape index (κ1) is 15.8. The number of anilines is 1. The van der Waals surface area contributed by atoms with Crippen molar-refractivity contribution in [3.8, 4) is 0 Å². The molecule has 106 valence electrons. The lowest BCUT2D eigenvalue weighted by Crippen LogP contribution is -2.21. The fraction of sp³-hybridized carbons (Fsp3) is 0.154. The molecule has 0 radical (unpaired) electrons. The molecule has 0 fully saturated rings. The lowest BCUT2D eigenvalue weighted by Gasteiger charge is -2.16. The molecule has 1 aromatic carbocycles. The van der Waals surface area contributed by atoms with Crippen molar-refractivity contribution in [1.29, 1.82) is 0 Å². The topological polar surface area (TPSA) is 38.3 Å². The fourth-order valence-electron chi connectivity index (χ4n) is 1.58. The number of hydrogen-bond acceptors (Lipinski definition) is 4. The first-order valence-corrected chi connectivity index (χ1v) is 8.34. The van der Waals surface area contributed by atoms with Crippen molar-refractivity contribution in [2.75, 3.05) is 12.4 Å². The van der Waals surface area contributed by atoms with Crippen LogP contribution in [0.2, 0.25) is 5.02 Å². The maximum Gasteiger partial charge on any atom is 0.333 e. The average Bonchev–Trinajstić information content (AvgIpc) is 2.77. The Labute approximate surface area is 142 Å². The lowest BCUT2D eigenvalue weighted by molar-refractivity contribution is -0.141. The second kappa shape index (κ2) is 6.93. The minimum atomic E-state index is -0.561. The second-order valence-electron chi connectivity index (χ2n) is 3.88. The molecule has 0 bridgehead atoms.